The van der Waals surface area contributed by atoms with E-state index in [1.165, 1.54) is 40.4 Å². The molecule has 8 heteroatoms. The molecule has 0 radical (unpaired) electrons. The van der Waals surface area contributed by atoms with E-state index in [4.69, 9.17) is 19.3 Å². The summed E-state index contributed by atoms with van der Waals surface area (Å²) in [7, 11) is 4.52. The predicted molar refractivity (Wildman–Crippen MR) is 93.2 cm³/mol. The van der Waals surface area contributed by atoms with E-state index in [1.807, 2.05) is 0 Å². The number of methoxy groups -OCH3 is 3. The number of hydrogen-bond donors (Lipinski definition) is 2. The Bertz CT molecular complexity index is 835. The van der Waals surface area contributed by atoms with Crippen LogP contribution in [0.25, 0.3) is 0 Å². The minimum Gasteiger partial charge on any atom is -0.493 e. The van der Waals surface area contributed by atoms with Crippen LogP contribution in [0.15, 0.2) is 24.3 Å². The van der Waals surface area contributed by atoms with Gasteiger partial charge in [-0.15, -0.1) is 0 Å². The monoisotopic (exact) mass is 360 g/mol. The van der Waals surface area contributed by atoms with E-state index in [0.717, 1.165) is 0 Å². The maximum atomic E-state index is 12.3. The molecule has 0 aliphatic rings. The minimum atomic E-state index is -1.09. The van der Waals surface area contributed by atoms with Crippen molar-refractivity contribution in [3.05, 3.63) is 46.8 Å². The van der Waals surface area contributed by atoms with Gasteiger partial charge in [-0.2, -0.15) is 0 Å². The van der Waals surface area contributed by atoms with E-state index in [2.05, 4.69) is 10.3 Å². The van der Waals surface area contributed by atoms with Crippen LogP contribution in [-0.4, -0.2) is 43.3 Å². The molecule has 2 aromatic rings. The zero-order valence-corrected chi connectivity index (χ0v) is 15.0. The molecule has 0 spiro atoms. The Hall–Kier alpha value is -3.29. The number of nitrogens with zero attached hydrogens (tertiary/aromatic N) is 1. The molecule has 26 heavy (non-hydrogen) atoms. The van der Waals surface area contributed by atoms with Crippen molar-refractivity contribution in [2.24, 2.45) is 0 Å². The van der Waals surface area contributed by atoms with Gasteiger partial charge < -0.3 is 24.6 Å². The van der Waals surface area contributed by atoms with Crippen molar-refractivity contribution in [2.45, 2.75) is 13.5 Å². The van der Waals surface area contributed by atoms with Crippen molar-refractivity contribution in [2.75, 3.05) is 21.3 Å². The number of carboxylic acid groups (broad SMARTS) is 1. The summed E-state index contributed by atoms with van der Waals surface area (Å²) < 4.78 is 15.9. The number of amides is 1. The van der Waals surface area contributed by atoms with Crippen LogP contribution in [0, 0.1) is 6.92 Å². The number of nitrogens with one attached hydrogen (secondary N) is 1. The lowest BCUT2D eigenvalue weighted by molar-refractivity contribution is 0.0694. The van der Waals surface area contributed by atoms with Gasteiger partial charge in [0.2, 0.25) is 5.75 Å². The highest BCUT2D eigenvalue weighted by Crippen LogP contribution is 2.39. The number of pyridine rings is 1. The molecule has 2 rings (SSSR count). The summed E-state index contributed by atoms with van der Waals surface area (Å²) in [6, 6.07) is 6.20. The van der Waals surface area contributed by atoms with Crippen LogP contribution in [0.2, 0.25) is 0 Å². The average molecular weight is 360 g/mol. The smallest absolute Gasteiger partial charge is 0.337 e. The Morgan fingerprint density at radius 1 is 1.04 bits per heavy atom. The van der Waals surface area contributed by atoms with Crippen molar-refractivity contribution in [3.8, 4) is 17.2 Å². The third-order valence-electron chi connectivity index (χ3n) is 3.77. The largest absolute Gasteiger partial charge is 0.493 e. The van der Waals surface area contributed by atoms with Crippen molar-refractivity contribution in [1.29, 1.82) is 0 Å². The third kappa shape index (κ3) is 3.85. The SMILES string of the molecule is COc1ccc(CNC(=O)c2ccc(C(=O)O)c(C)n2)c(OC)c1OC. The zero-order valence-electron chi connectivity index (χ0n) is 15.0. The number of ether oxygens (including phenoxy) is 3. The number of aryl methyl sites for hydroxylation is 1. The second-order valence-corrected chi connectivity index (χ2v) is 5.31. The molecule has 138 valence electrons. The quantitative estimate of drug-likeness (QED) is 0.778. The van der Waals surface area contributed by atoms with Crippen LogP contribution in [-0.2, 0) is 6.54 Å². The summed E-state index contributed by atoms with van der Waals surface area (Å²) in [6.07, 6.45) is 0. The summed E-state index contributed by atoms with van der Waals surface area (Å²) in [4.78, 5) is 27.4. The van der Waals surface area contributed by atoms with Crippen LogP contribution in [0.3, 0.4) is 0 Å². The fourth-order valence-electron chi connectivity index (χ4n) is 2.48. The number of carbonyl (C=O) groups is 2. The molecule has 0 atom stereocenters. The lowest BCUT2D eigenvalue weighted by Gasteiger charge is -2.16. The first-order valence-electron chi connectivity index (χ1n) is 7.69. The summed E-state index contributed by atoms with van der Waals surface area (Å²) in [5.41, 5.74) is 1.15. The van der Waals surface area contributed by atoms with Crippen LogP contribution >= 0.6 is 0 Å². The van der Waals surface area contributed by atoms with Crippen LogP contribution < -0.4 is 19.5 Å². The normalized spacial score (nSPS) is 10.2. The summed E-state index contributed by atoms with van der Waals surface area (Å²) in [6.45, 7) is 1.71. The number of aromatic nitrogens is 1. The molecular formula is C18H20N2O6. The van der Waals surface area contributed by atoms with Crippen LogP contribution in [0.1, 0.15) is 32.1 Å². The molecule has 2 N–H and O–H groups in total. The highest BCUT2D eigenvalue weighted by molar-refractivity contribution is 5.94. The standard InChI is InChI=1S/C18H20N2O6/c1-10-12(18(22)23)6-7-13(20-10)17(21)19-9-11-5-8-14(24-2)16(26-4)15(11)25-3/h5-8H,9H2,1-4H3,(H,19,21)(H,22,23). The number of carboxylic acids is 1. The first-order chi connectivity index (χ1) is 12.4. The molecule has 1 amide bonds. The highest BCUT2D eigenvalue weighted by atomic mass is 16.5. The summed E-state index contributed by atoms with van der Waals surface area (Å²) >= 11 is 0. The maximum absolute atomic E-state index is 12.3. The second kappa shape index (κ2) is 8.19. The minimum absolute atomic E-state index is 0.0584. The van der Waals surface area contributed by atoms with E-state index < -0.39 is 11.9 Å². The van der Waals surface area contributed by atoms with E-state index in [1.54, 1.807) is 12.1 Å². The molecular weight excluding hydrogens is 340 g/mol. The average Bonchev–Trinajstić information content (AvgIpc) is 2.64. The van der Waals surface area contributed by atoms with E-state index in [9.17, 15) is 9.59 Å². The van der Waals surface area contributed by atoms with Gasteiger partial charge >= 0.3 is 5.97 Å². The lowest BCUT2D eigenvalue weighted by atomic mass is 10.1. The van der Waals surface area contributed by atoms with E-state index in [-0.39, 0.29) is 23.5 Å². The molecule has 1 heterocycles. The Labute approximate surface area is 150 Å². The Morgan fingerprint density at radius 3 is 2.27 bits per heavy atom. The molecule has 0 unspecified atom stereocenters. The van der Waals surface area contributed by atoms with Gasteiger partial charge in [-0.1, -0.05) is 0 Å². The summed E-state index contributed by atoms with van der Waals surface area (Å²) in [5.74, 6) is -0.112. The second-order valence-electron chi connectivity index (χ2n) is 5.31. The number of benzene rings is 1. The van der Waals surface area contributed by atoms with Gasteiger partial charge in [0, 0.05) is 12.1 Å². The Balaban J connectivity index is 2.19. The number of carbonyl (C=O) groups excluding carboxylic acids is 1. The lowest BCUT2D eigenvalue weighted by Crippen LogP contribution is -2.24. The fourth-order valence-corrected chi connectivity index (χ4v) is 2.48. The van der Waals surface area contributed by atoms with Gasteiger partial charge in [-0.05, 0) is 31.2 Å². The molecule has 0 bridgehead atoms. The Kier molecular flexibility index (Phi) is 6.00. The molecule has 0 aliphatic heterocycles. The van der Waals surface area contributed by atoms with Gasteiger partial charge in [0.25, 0.3) is 5.91 Å². The Morgan fingerprint density at radius 2 is 1.73 bits per heavy atom. The topological polar surface area (TPSA) is 107 Å². The predicted octanol–water partition coefficient (Wildman–Crippen LogP) is 2.04. The van der Waals surface area contributed by atoms with Gasteiger partial charge in [0.15, 0.2) is 11.5 Å². The van der Waals surface area contributed by atoms with Crippen molar-refractivity contribution >= 4 is 11.9 Å². The van der Waals surface area contributed by atoms with Crippen molar-refractivity contribution in [1.82, 2.24) is 10.3 Å². The molecule has 1 aromatic heterocycles. The van der Waals surface area contributed by atoms with Crippen molar-refractivity contribution < 1.29 is 28.9 Å². The van der Waals surface area contributed by atoms with Gasteiger partial charge in [-0.3, -0.25) is 4.79 Å². The van der Waals surface area contributed by atoms with Crippen LogP contribution in [0.5, 0.6) is 17.2 Å². The number of aromatic carboxylic acids is 1. The first-order valence-corrected chi connectivity index (χ1v) is 7.69. The van der Waals surface area contributed by atoms with Gasteiger partial charge in [-0.25, -0.2) is 9.78 Å². The molecule has 0 saturated heterocycles. The molecule has 1 aromatic carbocycles. The molecule has 0 aliphatic carbocycles. The molecule has 0 saturated carbocycles. The number of rotatable bonds is 7. The van der Waals surface area contributed by atoms with Gasteiger partial charge in [0.05, 0.1) is 32.6 Å². The summed E-state index contributed by atoms with van der Waals surface area (Å²) in [5, 5.41) is 11.7. The molecule has 8 nitrogen and oxygen atoms in total. The van der Waals surface area contributed by atoms with E-state index >= 15 is 0 Å². The maximum Gasteiger partial charge on any atom is 0.337 e. The third-order valence-corrected chi connectivity index (χ3v) is 3.77. The van der Waals surface area contributed by atoms with Gasteiger partial charge in [0.1, 0.15) is 5.69 Å². The fraction of sp³-hybridized carbons (Fsp3) is 0.278. The van der Waals surface area contributed by atoms with Crippen molar-refractivity contribution in [3.63, 3.8) is 0 Å². The molecule has 0 fully saturated rings. The highest BCUT2D eigenvalue weighted by Gasteiger charge is 2.17. The van der Waals surface area contributed by atoms with Crippen LogP contribution in [0.4, 0.5) is 0 Å². The first kappa shape index (κ1) is 19.0. The zero-order chi connectivity index (χ0) is 19.3. The van der Waals surface area contributed by atoms with E-state index in [0.29, 0.717) is 22.8 Å². The number of hydrogen-bond acceptors (Lipinski definition) is 6.